The van der Waals surface area contributed by atoms with Crippen molar-refractivity contribution in [3.63, 3.8) is 0 Å². The topological polar surface area (TPSA) is 44.1 Å². The fraction of sp³-hybridized carbons (Fsp3) is 0.429. The average Bonchev–Trinajstić information content (AvgIpc) is 3.15. The van der Waals surface area contributed by atoms with E-state index >= 15 is 0 Å². The van der Waals surface area contributed by atoms with Gasteiger partial charge in [0.25, 0.3) is 0 Å². The van der Waals surface area contributed by atoms with Crippen molar-refractivity contribution >= 4 is 12.0 Å². The number of aryl methyl sites for hydroxylation is 1. The van der Waals surface area contributed by atoms with Crippen LogP contribution in [0, 0.1) is 18.3 Å². The van der Waals surface area contributed by atoms with E-state index in [1.54, 1.807) is 0 Å². The molecular weight excluding hydrogens is 212 g/mol. The fourth-order valence-corrected chi connectivity index (χ4v) is 2.09. The number of nitrogens with zero attached hydrogens (tertiary/aromatic N) is 2. The van der Waals surface area contributed by atoms with Crippen molar-refractivity contribution in [1.82, 2.24) is 0 Å². The minimum absolute atomic E-state index is 0.503. The molecule has 0 spiro atoms. The molecule has 0 saturated heterocycles. The molecule has 2 rings (SSSR count). The van der Waals surface area contributed by atoms with E-state index in [1.807, 2.05) is 25.1 Å². The molecule has 0 N–H and O–H groups in total. The molecule has 0 bridgehead atoms. The van der Waals surface area contributed by atoms with Crippen LogP contribution >= 0.6 is 0 Å². The van der Waals surface area contributed by atoms with Gasteiger partial charge in [-0.2, -0.15) is 5.26 Å². The van der Waals surface area contributed by atoms with Crippen molar-refractivity contribution in [3.8, 4) is 6.07 Å². The lowest BCUT2D eigenvalue weighted by Gasteiger charge is -2.25. The third-order valence-electron chi connectivity index (χ3n) is 3.07. The zero-order chi connectivity index (χ0) is 12.3. The maximum absolute atomic E-state index is 11.1. The second kappa shape index (κ2) is 5.01. The van der Waals surface area contributed by atoms with Crippen LogP contribution in [0.5, 0.6) is 0 Å². The van der Waals surface area contributed by atoms with Gasteiger partial charge in [0.05, 0.1) is 12.5 Å². The zero-order valence-electron chi connectivity index (χ0n) is 10.0. The molecule has 1 aromatic rings. The number of anilines is 1. The summed E-state index contributed by atoms with van der Waals surface area (Å²) < 4.78 is 0. The monoisotopic (exact) mass is 228 g/mol. The van der Waals surface area contributed by atoms with Gasteiger partial charge in [-0.1, -0.05) is 11.6 Å². The van der Waals surface area contributed by atoms with E-state index in [4.69, 9.17) is 5.26 Å². The molecule has 1 aliphatic rings. The van der Waals surface area contributed by atoms with E-state index in [0.29, 0.717) is 19.0 Å². The second-order valence-electron chi connectivity index (χ2n) is 4.51. The SMILES string of the molecule is Cc1ccc(N(CCC#N)C2CC2)c(C=O)c1. The lowest BCUT2D eigenvalue weighted by molar-refractivity contribution is 0.112. The van der Waals surface area contributed by atoms with Crippen LogP contribution < -0.4 is 4.90 Å². The van der Waals surface area contributed by atoms with Crippen LogP contribution in [0.4, 0.5) is 5.69 Å². The second-order valence-corrected chi connectivity index (χ2v) is 4.51. The van der Waals surface area contributed by atoms with E-state index in [1.165, 1.54) is 0 Å². The average molecular weight is 228 g/mol. The van der Waals surface area contributed by atoms with Crippen LogP contribution in [0.2, 0.25) is 0 Å². The first-order valence-electron chi connectivity index (χ1n) is 5.95. The highest BCUT2D eigenvalue weighted by atomic mass is 16.1. The Morgan fingerprint density at radius 3 is 2.88 bits per heavy atom. The molecule has 17 heavy (non-hydrogen) atoms. The molecule has 0 atom stereocenters. The van der Waals surface area contributed by atoms with Crippen LogP contribution in [0.15, 0.2) is 18.2 Å². The first kappa shape index (κ1) is 11.7. The normalized spacial score (nSPS) is 14.1. The fourth-order valence-electron chi connectivity index (χ4n) is 2.09. The van der Waals surface area contributed by atoms with Gasteiger partial charge in [0, 0.05) is 23.8 Å². The highest BCUT2D eigenvalue weighted by Gasteiger charge is 2.29. The Hall–Kier alpha value is -1.82. The number of nitriles is 1. The van der Waals surface area contributed by atoms with Crippen molar-refractivity contribution in [2.45, 2.75) is 32.2 Å². The minimum atomic E-state index is 0.503. The Kier molecular flexibility index (Phi) is 3.43. The van der Waals surface area contributed by atoms with Gasteiger partial charge in [0.2, 0.25) is 0 Å². The van der Waals surface area contributed by atoms with Crippen LogP contribution in [0.3, 0.4) is 0 Å². The summed E-state index contributed by atoms with van der Waals surface area (Å²) in [6.07, 6.45) is 3.74. The Balaban J connectivity index is 2.28. The van der Waals surface area contributed by atoms with E-state index in [9.17, 15) is 4.79 Å². The number of aldehydes is 1. The van der Waals surface area contributed by atoms with Crippen molar-refractivity contribution in [1.29, 1.82) is 5.26 Å². The summed E-state index contributed by atoms with van der Waals surface area (Å²) in [5.41, 5.74) is 2.80. The first-order valence-corrected chi connectivity index (χ1v) is 5.95. The number of hydrogen-bond acceptors (Lipinski definition) is 3. The van der Waals surface area contributed by atoms with Crippen molar-refractivity contribution < 1.29 is 4.79 Å². The Bertz CT molecular complexity index is 458. The summed E-state index contributed by atoms with van der Waals surface area (Å²) in [6, 6.07) is 8.61. The molecule has 0 aliphatic heterocycles. The van der Waals surface area contributed by atoms with Gasteiger partial charge in [0.1, 0.15) is 0 Å². The van der Waals surface area contributed by atoms with Gasteiger partial charge in [-0.15, -0.1) is 0 Å². The molecule has 0 unspecified atom stereocenters. The number of rotatable bonds is 5. The van der Waals surface area contributed by atoms with E-state index in [0.717, 1.165) is 35.9 Å². The maximum Gasteiger partial charge on any atom is 0.152 e. The zero-order valence-corrected chi connectivity index (χ0v) is 10.0. The summed E-state index contributed by atoms with van der Waals surface area (Å²) in [6.45, 7) is 2.69. The molecule has 0 heterocycles. The molecule has 0 amide bonds. The van der Waals surface area contributed by atoms with Crippen LogP contribution in [-0.2, 0) is 0 Å². The van der Waals surface area contributed by atoms with E-state index in [2.05, 4.69) is 11.0 Å². The van der Waals surface area contributed by atoms with Gasteiger partial charge < -0.3 is 4.90 Å². The predicted octanol–water partition coefficient (Wildman–Crippen LogP) is 2.69. The smallest absolute Gasteiger partial charge is 0.152 e. The lowest BCUT2D eigenvalue weighted by Crippen LogP contribution is -2.27. The van der Waals surface area contributed by atoms with Gasteiger partial charge in [-0.25, -0.2) is 0 Å². The molecule has 1 fully saturated rings. The summed E-state index contributed by atoms with van der Waals surface area (Å²) in [7, 11) is 0. The van der Waals surface area contributed by atoms with Crippen molar-refractivity contribution in [2.75, 3.05) is 11.4 Å². The molecule has 0 radical (unpaired) electrons. The lowest BCUT2D eigenvalue weighted by atomic mass is 10.1. The Morgan fingerprint density at radius 2 is 2.29 bits per heavy atom. The molecule has 88 valence electrons. The third-order valence-corrected chi connectivity index (χ3v) is 3.07. The predicted molar refractivity (Wildman–Crippen MR) is 67.2 cm³/mol. The number of carbonyl (C=O) groups excluding carboxylic acids is 1. The number of benzene rings is 1. The summed E-state index contributed by atoms with van der Waals surface area (Å²) in [5.74, 6) is 0. The standard InChI is InChI=1S/C14H16N2O/c1-11-3-6-14(12(9-11)10-17)16(8-2-7-15)13-4-5-13/h3,6,9-10,13H,2,4-5,8H2,1H3. The highest BCUT2D eigenvalue weighted by Crippen LogP contribution is 2.33. The maximum atomic E-state index is 11.1. The molecule has 3 nitrogen and oxygen atoms in total. The summed E-state index contributed by atoms with van der Waals surface area (Å²) in [5, 5.41) is 8.69. The van der Waals surface area contributed by atoms with Gasteiger partial charge >= 0.3 is 0 Å². The quantitative estimate of drug-likeness (QED) is 0.728. The molecular formula is C14H16N2O. The Labute approximate surface area is 102 Å². The molecule has 0 aromatic heterocycles. The summed E-state index contributed by atoms with van der Waals surface area (Å²) in [4.78, 5) is 13.3. The number of hydrogen-bond donors (Lipinski definition) is 0. The van der Waals surface area contributed by atoms with Crippen LogP contribution in [-0.4, -0.2) is 18.9 Å². The molecule has 1 saturated carbocycles. The molecule has 1 aromatic carbocycles. The first-order chi connectivity index (χ1) is 8.26. The van der Waals surface area contributed by atoms with E-state index < -0.39 is 0 Å². The highest BCUT2D eigenvalue weighted by molar-refractivity contribution is 5.85. The van der Waals surface area contributed by atoms with Crippen LogP contribution in [0.25, 0.3) is 0 Å². The Morgan fingerprint density at radius 1 is 1.53 bits per heavy atom. The van der Waals surface area contributed by atoms with Gasteiger partial charge in [-0.05, 0) is 31.9 Å². The minimum Gasteiger partial charge on any atom is -0.367 e. The third kappa shape index (κ3) is 2.65. The van der Waals surface area contributed by atoms with Gasteiger partial charge in [-0.3, -0.25) is 4.79 Å². The van der Waals surface area contributed by atoms with E-state index in [-0.39, 0.29) is 0 Å². The summed E-state index contributed by atoms with van der Waals surface area (Å²) >= 11 is 0. The number of carbonyl (C=O) groups is 1. The largest absolute Gasteiger partial charge is 0.367 e. The molecule has 1 aliphatic carbocycles. The van der Waals surface area contributed by atoms with Gasteiger partial charge in [0.15, 0.2) is 6.29 Å². The molecule has 3 heteroatoms. The van der Waals surface area contributed by atoms with Crippen molar-refractivity contribution in [3.05, 3.63) is 29.3 Å². The van der Waals surface area contributed by atoms with Crippen molar-refractivity contribution in [2.24, 2.45) is 0 Å². The van der Waals surface area contributed by atoms with Crippen LogP contribution in [0.1, 0.15) is 35.2 Å².